The van der Waals surface area contributed by atoms with Crippen LogP contribution in [-0.4, -0.2) is 31.6 Å². The van der Waals surface area contributed by atoms with Crippen molar-refractivity contribution in [3.8, 4) is 0 Å². The fourth-order valence-electron chi connectivity index (χ4n) is 1.90. The van der Waals surface area contributed by atoms with Crippen molar-refractivity contribution in [3.05, 3.63) is 39.9 Å². The largest absolute Gasteiger partial charge is 0.396 e. The highest BCUT2D eigenvalue weighted by Gasteiger charge is 2.42. The second kappa shape index (κ2) is 5.47. The van der Waals surface area contributed by atoms with E-state index in [1.807, 2.05) is 0 Å². The second-order valence-corrected chi connectivity index (χ2v) is 6.93. The van der Waals surface area contributed by atoms with E-state index in [0.29, 0.717) is 0 Å². The summed E-state index contributed by atoms with van der Waals surface area (Å²) in [5.74, 6) is -0.439. The van der Waals surface area contributed by atoms with Gasteiger partial charge in [0.15, 0.2) is 0 Å². The molecule has 0 radical (unpaired) electrons. The molecule has 0 saturated heterocycles. The average Bonchev–Trinajstić information content (AvgIpc) is 3.17. The molecule has 0 heterocycles. The van der Waals surface area contributed by atoms with Gasteiger partial charge in [0.25, 0.3) is 5.69 Å². The first-order valence-corrected chi connectivity index (χ1v) is 7.83. The van der Waals surface area contributed by atoms with Crippen molar-refractivity contribution in [3.63, 3.8) is 0 Å². The van der Waals surface area contributed by atoms with Crippen molar-refractivity contribution in [1.82, 2.24) is 4.72 Å². The van der Waals surface area contributed by atoms with Crippen molar-refractivity contribution < 1.29 is 18.4 Å². The maximum Gasteiger partial charge on any atom is 0.273 e. The maximum absolute atomic E-state index is 11.9. The first-order valence-electron chi connectivity index (χ1n) is 6.18. The molecule has 1 saturated carbocycles. The van der Waals surface area contributed by atoms with Gasteiger partial charge in [-0.1, -0.05) is 18.2 Å². The van der Waals surface area contributed by atoms with E-state index in [1.54, 1.807) is 6.07 Å². The predicted molar refractivity (Wildman–Crippen MR) is 72.5 cm³/mol. The Morgan fingerprint density at radius 1 is 1.35 bits per heavy atom. The summed E-state index contributed by atoms with van der Waals surface area (Å²) in [5.41, 5.74) is -0.393. The van der Waals surface area contributed by atoms with Crippen molar-refractivity contribution in [2.24, 2.45) is 5.41 Å². The number of benzene rings is 1. The molecule has 2 rings (SSSR count). The topological polar surface area (TPSA) is 110 Å². The number of hydrogen-bond acceptors (Lipinski definition) is 5. The number of sulfonamides is 1. The number of nitro groups is 1. The van der Waals surface area contributed by atoms with E-state index < -0.39 is 20.7 Å². The smallest absolute Gasteiger partial charge is 0.273 e. The molecule has 0 aromatic heterocycles. The Morgan fingerprint density at radius 3 is 2.55 bits per heavy atom. The van der Waals surface area contributed by atoms with Gasteiger partial charge in [-0.05, 0) is 12.8 Å². The van der Waals surface area contributed by atoms with Gasteiger partial charge >= 0.3 is 0 Å². The van der Waals surface area contributed by atoms with Gasteiger partial charge < -0.3 is 5.11 Å². The summed E-state index contributed by atoms with van der Waals surface area (Å²) in [4.78, 5) is 10.2. The van der Waals surface area contributed by atoms with E-state index in [-0.39, 0.29) is 29.8 Å². The Hall–Kier alpha value is -1.51. The molecule has 20 heavy (non-hydrogen) atoms. The molecule has 1 aliphatic rings. The summed E-state index contributed by atoms with van der Waals surface area (Å²) < 4.78 is 26.3. The van der Waals surface area contributed by atoms with Crippen LogP contribution < -0.4 is 4.72 Å². The number of hydrogen-bond donors (Lipinski definition) is 2. The Bertz CT molecular complexity index is 610. The van der Waals surface area contributed by atoms with Crippen molar-refractivity contribution in [2.45, 2.75) is 18.6 Å². The number of nitro benzene ring substituents is 1. The monoisotopic (exact) mass is 300 g/mol. The molecular formula is C12H16N2O5S. The van der Waals surface area contributed by atoms with Gasteiger partial charge in [-0.15, -0.1) is 0 Å². The molecule has 0 spiro atoms. The van der Waals surface area contributed by atoms with Crippen LogP contribution in [0.15, 0.2) is 24.3 Å². The van der Waals surface area contributed by atoms with Crippen LogP contribution in [-0.2, 0) is 15.8 Å². The highest BCUT2D eigenvalue weighted by atomic mass is 32.2. The predicted octanol–water partition coefficient (Wildman–Crippen LogP) is 0.787. The van der Waals surface area contributed by atoms with Crippen LogP contribution in [0.25, 0.3) is 0 Å². The zero-order valence-electron chi connectivity index (χ0n) is 10.8. The number of aliphatic hydroxyl groups excluding tert-OH is 1. The van der Waals surface area contributed by atoms with Gasteiger partial charge in [-0.2, -0.15) is 0 Å². The molecule has 110 valence electrons. The van der Waals surface area contributed by atoms with Crippen LogP contribution in [0.3, 0.4) is 0 Å². The Morgan fingerprint density at radius 2 is 2.00 bits per heavy atom. The van der Waals surface area contributed by atoms with Crippen LogP contribution in [0.1, 0.15) is 18.4 Å². The quantitative estimate of drug-likeness (QED) is 0.571. The van der Waals surface area contributed by atoms with Crippen molar-refractivity contribution in [1.29, 1.82) is 0 Å². The van der Waals surface area contributed by atoms with E-state index in [2.05, 4.69) is 4.72 Å². The molecule has 1 aliphatic carbocycles. The zero-order valence-corrected chi connectivity index (χ0v) is 11.6. The third-order valence-corrected chi connectivity index (χ3v) is 4.77. The van der Waals surface area contributed by atoms with Crippen molar-refractivity contribution in [2.75, 3.05) is 13.2 Å². The van der Waals surface area contributed by atoms with Gasteiger partial charge in [-0.3, -0.25) is 10.1 Å². The summed E-state index contributed by atoms with van der Waals surface area (Å²) in [6, 6.07) is 5.76. The van der Waals surface area contributed by atoms with Gasteiger partial charge in [0.1, 0.15) is 0 Å². The van der Waals surface area contributed by atoms with Crippen LogP contribution >= 0.6 is 0 Å². The van der Waals surface area contributed by atoms with Gasteiger partial charge in [0, 0.05) is 30.2 Å². The first-order chi connectivity index (χ1) is 9.37. The molecule has 1 aromatic carbocycles. The normalized spacial score (nSPS) is 16.9. The number of nitrogens with one attached hydrogen (secondary N) is 1. The lowest BCUT2D eigenvalue weighted by Gasteiger charge is -2.13. The Labute approximate surface area is 116 Å². The molecule has 2 N–H and O–H groups in total. The average molecular weight is 300 g/mol. The molecule has 0 unspecified atom stereocenters. The zero-order chi connectivity index (χ0) is 14.8. The molecule has 0 atom stereocenters. The molecular weight excluding hydrogens is 284 g/mol. The number of nitrogens with zero attached hydrogens (tertiary/aromatic N) is 1. The maximum atomic E-state index is 11.9. The van der Waals surface area contributed by atoms with E-state index in [1.165, 1.54) is 18.2 Å². The molecule has 0 bridgehead atoms. The van der Waals surface area contributed by atoms with Crippen LogP contribution in [0.4, 0.5) is 5.69 Å². The fourth-order valence-corrected chi connectivity index (χ4v) is 3.18. The lowest BCUT2D eigenvalue weighted by atomic mass is 10.1. The molecule has 0 amide bonds. The Balaban J connectivity index is 2.07. The molecule has 8 heteroatoms. The Kier molecular flexibility index (Phi) is 4.07. The fraction of sp³-hybridized carbons (Fsp3) is 0.500. The lowest BCUT2D eigenvalue weighted by molar-refractivity contribution is -0.385. The SMILES string of the molecule is O=[N+]([O-])c1ccccc1CS(=O)(=O)NCC1(CO)CC1. The van der Waals surface area contributed by atoms with Crippen molar-refractivity contribution >= 4 is 15.7 Å². The van der Waals surface area contributed by atoms with E-state index in [9.17, 15) is 18.5 Å². The van der Waals surface area contributed by atoms with Gasteiger partial charge in [0.2, 0.25) is 10.0 Å². The highest BCUT2D eigenvalue weighted by Crippen LogP contribution is 2.44. The van der Waals surface area contributed by atoms with Gasteiger partial charge in [0.05, 0.1) is 10.7 Å². The van der Waals surface area contributed by atoms with Crippen LogP contribution in [0, 0.1) is 15.5 Å². The highest BCUT2D eigenvalue weighted by molar-refractivity contribution is 7.88. The second-order valence-electron chi connectivity index (χ2n) is 5.12. The third kappa shape index (κ3) is 3.53. The summed E-state index contributed by atoms with van der Waals surface area (Å²) in [6.07, 6.45) is 1.58. The first kappa shape index (κ1) is 14.9. The summed E-state index contributed by atoms with van der Waals surface area (Å²) in [7, 11) is -3.66. The van der Waals surface area contributed by atoms with E-state index in [0.717, 1.165) is 12.8 Å². The number of rotatable bonds is 7. The molecule has 7 nitrogen and oxygen atoms in total. The lowest BCUT2D eigenvalue weighted by Crippen LogP contribution is -2.32. The third-order valence-electron chi connectivity index (χ3n) is 3.49. The number of aliphatic hydroxyl groups is 1. The molecule has 0 aliphatic heterocycles. The van der Waals surface area contributed by atoms with E-state index >= 15 is 0 Å². The summed E-state index contributed by atoms with van der Waals surface area (Å²) >= 11 is 0. The van der Waals surface area contributed by atoms with Gasteiger partial charge in [-0.25, -0.2) is 13.1 Å². The summed E-state index contributed by atoms with van der Waals surface area (Å²) in [5, 5.41) is 20.0. The minimum absolute atomic E-state index is 0.0546. The van der Waals surface area contributed by atoms with Crippen LogP contribution in [0.5, 0.6) is 0 Å². The van der Waals surface area contributed by atoms with E-state index in [4.69, 9.17) is 5.11 Å². The minimum Gasteiger partial charge on any atom is -0.396 e. The molecule has 1 aromatic rings. The van der Waals surface area contributed by atoms with Crippen LogP contribution in [0.2, 0.25) is 0 Å². The standard InChI is InChI=1S/C12H16N2O5S/c15-9-12(5-6-12)8-13-20(18,19)7-10-3-1-2-4-11(10)14(16)17/h1-4,13,15H,5-9H2. The summed E-state index contributed by atoms with van der Waals surface area (Å²) in [6.45, 7) is 0.119. The minimum atomic E-state index is -3.66. The molecule has 1 fully saturated rings. The number of para-hydroxylation sites is 1.